The van der Waals surface area contributed by atoms with Crippen molar-refractivity contribution in [3.8, 4) is 0 Å². The van der Waals surface area contributed by atoms with E-state index in [4.69, 9.17) is 0 Å². The van der Waals surface area contributed by atoms with Gasteiger partial charge in [0.2, 0.25) is 11.8 Å². The molecule has 4 amide bonds. The van der Waals surface area contributed by atoms with E-state index in [0.717, 1.165) is 36.5 Å². The molecule has 2 N–H and O–H groups in total. The van der Waals surface area contributed by atoms with Crippen LogP contribution in [0.25, 0.3) is 0 Å². The predicted octanol–water partition coefficient (Wildman–Crippen LogP) is -0.366. The highest BCUT2D eigenvalue weighted by atomic mass is 16.2. The molecule has 3 fully saturated rings. The number of carbonyl (C=O) groups is 4. The Morgan fingerprint density at radius 1 is 1.07 bits per heavy atom. The molecule has 3 heterocycles. The SMILES string of the molecule is O=C1CCC(N2C(=O)c3ccc(CN4CCNC5CC54)cc3C2=O)C(=O)N1. The molecule has 3 unspecified atom stereocenters. The van der Waals surface area contributed by atoms with Crippen LogP contribution in [0.4, 0.5) is 0 Å². The van der Waals surface area contributed by atoms with Gasteiger partial charge in [-0.05, 0) is 30.5 Å². The predicted molar refractivity (Wildman–Crippen MR) is 93.7 cm³/mol. The molecule has 1 aliphatic carbocycles. The van der Waals surface area contributed by atoms with Gasteiger partial charge in [-0.25, -0.2) is 0 Å². The molecule has 140 valence electrons. The molecule has 8 heteroatoms. The molecule has 1 aromatic carbocycles. The van der Waals surface area contributed by atoms with Crippen LogP contribution < -0.4 is 10.6 Å². The Bertz CT molecular complexity index is 882. The molecule has 5 rings (SSSR count). The number of benzene rings is 1. The Hall–Kier alpha value is -2.58. The first-order valence-electron chi connectivity index (χ1n) is 9.35. The Morgan fingerprint density at radius 3 is 2.70 bits per heavy atom. The maximum absolute atomic E-state index is 12.9. The molecule has 1 aromatic rings. The Balaban J connectivity index is 1.38. The summed E-state index contributed by atoms with van der Waals surface area (Å²) in [5, 5.41) is 5.68. The van der Waals surface area contributed by atoms with Gasteiger partial charge in [0, 0.05) is 38.1 Å². The number of hydrogen-bond acceptors (Lipinski definition) is 6. The quantitative estimate of drug-likeness (QED) is 0.707. The van der Waals surface area contributed by atoms with E-state index in [1.807, 2.05) is 6.07 Å². The zero-order valence-corrected chi connectivity index (χ0v) is 14.7. The molecule has 0 bridgehead atoms. The van der Waals surface area contributed by atoms with Gasteiger partial charge in [0.05, 0.1) is 11.1 Å². The average molecular weight is 368 g/mol. The summed E-state index contributed by atoms with van der Waals surface area (Å²) in [6, 6.07) is 5.57. The van der Waals surface area contributed by atoms with Gasteiger partial charge in [-0.1, -0.05) is 6.07 Å². The third-order valence-electron chi connectivity index (χ3n) is 5.92. The van der Waals surface area contributed by atoms with Gasteiger partial charge in [-0.3, -0.25) is 34.3 Å². The molecule has 3 atom stereocenters. The van der Waals surface area contributed by atoms with Gasteiger partial charge in [0.25, 0.3) is 11.8 Å². The molecule has 8 nitrogen and oxygen atoms in total. The largest absolute Gasteiger partial charge is 0.311 e. The lowest BCUT2D eigenvalue weighted by Gasteiger charge is -2.27. The second kappa shape index (κ2) is 5.97. The van der Waals surface area contributed by atoms with Crippen molar-refractivity contribution >= 4 is 23.6 Å². The lowest BCUT2D eigenvalue weighted by atomic mass is 10.0. The van der Waals surface area contributed by atoms with E-state index in [2.05, 4.69) is 15.5 Å². The number of rotatable bonds is 3. The molecule has 3 aliphatic heterocycles. The Morgan fingerprint density at radius 2 is 1.89 bits per heavy atom. The zero-order valence-electron chi connectivity index (χ0n) is 14.7. The van der Waals surface area contributed by atoms with Gasteiger partial charge in [0.15, 0.2) is 0 Å². The second-order valence-electron chi connectivity index (χ2n) is 7.66. The average Bonchev–Trinajstić information content (AvgIpc) is 3.40. The summed E-state index contributed by atoms with van der Waals surface area (Å²) in [6.07, 6.45) is 1.46. The van der Waals surface area contributed by atoms with Gasteiger partial charge in [-0.2, -0.15) is 0 Å². The monoisotopic (exact) mass is 368 g/mol. The van der Waals surface area contributed by atoms with Crippen molar-refractivity contribution in [3.05, 3.63) is 34.9 Å². The van der Waals surface area contributed by atoms with E-state index >= 15 is 0 Å². The fraction of sp³-hybridized carbons (Fsp3) is 0.474. The van der Waals surface area contributed by atoms with E-state index < -0.39 is 23.8 Å². The van der Waals surface area contributed by atoms with Crippen molar-refractivity contribution in [3.63, 3.8) is 0 Å². The van der Waals surface area contributed by atoms with Crippen molar-refractivity contribution in [2.24, 2.45) is 0 Å². The maximum atomic E-state index is 12.9. The van der Waals surface area contributed by atoms with Crippen LogP contribution in [0.1, 0.15) is 45.5 Å². The van der Waals surface area contributed by atoms with Crippen LogP contribution in [0.2, 0.25) is 0 Å². The minimum Gasteiger partial charge on any atom is -0.311 e. The standard InChI is InChI=1S/C19H20N4O4/c24-16-4-3-14(17(25)21-16)23-18(26)11-2-1-10(7-12(11)19(23)27)9-22-6-5-20-13-8-15(13)22/h1-2,7,13-15,20H,3-6,8-9H2,(H,21,24,25). The number of fused-ring (bicyclic) bond motifs is 2. The first kappa shape index (κ1) is 16.6. The number of carbonyl (C=O) groups excluding carboxylic acids is 4. The molecule has 0 aromatic heterocycles. The van der Waals surface area contributed by atoms with Crippen LogP contribution in [0.3, 0.4) is 0 Å². The van der Waals surface area contributed by atoms with Gasteiger partial charge in [0.1, 0.15) is 6.04 Å². The topological polar surface area (TPSA) is 98.8 Å². The summed E-state index contributed by atoms with van der Waals surface area (Å²) in [5.41, 5.74) is 1.68. The maximum Gasteiger partial charge on any atom is 0.262 e. The van der Waals surface area contributed by atoms with Crippen molar-refractivity contribution in [2.75, 3.05) is 13.1 Å². The lowest BCUT2D eigenvalue weighted by molar-refractivity contribution is -0.136. The van der Waals surface area contributed by atoms with Gasteiger partial charge in [-0.15, -0.1) is 0 Å². The molecule has 0 spiro atoms. The van der Waals surface area contributed by atoms with E-state index in [0.29, 0.717) is 23.2 Å². The summed E-state index contributed by atoms with van der Waals surface area (Å²) in [4.78, 5) is 52.5. The van der Waals surface area contributed by atoms with Crippen LogP contribution in [0.15, 0.2) is 18.2 Å². The smallest absolute Gasteiger partial charge is 0.262 e. The van der Waals surface area contributed by atoms with E-state index in [1.54, 1.807) is 12.1 Å². The number of nitrogens with zero attached hydrogens (tertiary/aromatic N) is 2. The van der Waals surface area contributed by atoms with Crippen LogP contribution >= 0.6 is 0 Å². The molecular formula is C19H20N4O4. The number of nitrogens with one attached hydrogen (secondary N) is 2. The molecule has 2 saturated heterocycles. The van der Waals surface area contributed by atoms with Crippen molar-refractivity contribution in [1.82, 2.24) is 20.4 Å². The Labute approximate surface area is 155 Å². The van der Waals surface area contributed by atoms with Crippen LogP contribution in [-0.2, 0) is 16.1 Å². The Kier molecular flexibility index (Phi) is 3.66. The normalized spacial score (nSPS) is 30.2. The number of piperazine rings is 1. The number of imide groups is 2. The fourth-order valence-electron chi connectivity index (χ4n) is 4.41. The summed E-state index contributed by atoms with van der Waals surface area (Å²) in [7, 11) is 0. The highest BCUT2D eigenvalue weighted by molar-refractivity contribution is 6.23. The molecule has 27 heavy (non-hydrogen) atoms. The zero-order chi connectivity index (χ0) is 18.7. The highest BCUT2D eigenvalue weighted by Crippen LogP contribution is 2.33. The number of hydrogen-bond donors (Lipinski definition) is 2. The van der Waals surface area contributed by atoms with E-state index in [9.17, 15) is 19.2 Å². The summed E-state index contributed by atoms with van der Waals surface area (Å²) < 4.78 is 0. The third-order valence-corrected chi connectivity index (χ3v) is 5.92. The summed E-state index contributed by atoms with van der Waals surface area (Å²) in [5.74, 6) is -1.86. The van der Waals surface area contributed by atoms with Crippen LogP contribution in [0, 0.1) is 0 Å². The number of amides is 4. The molecular weight excluding hydrogens is 348 g/mol. The fourth-order valence-corrected chi connectivity index (χ4v) is 4.41. The van der Waals surface area contributed by atoms with Gasteiger partial charge >= 0.3 is 0 Å². The minimum absolute atomic E-state index is 0.126. The first-order chi connectivity index (χ1) is 13.0. The second-order valence-corrected chi connectivity index (χ2v) is 7.66. The molecule has 4 aliphatic rings. The van der Waals surface area contributed by atoms with E-state index in [-0.39, 0.29) is 18.7 Å². The van der Waals surface area contributed by atoms with E-state index in [1.165, 1.54) is 0 Å². The third kappa shape index (κ3) is 2.67. The highest BCUT2D eigenvalue weighted by Gasteiger charge is 2.46. The molecule has 1 saturated carbocycles. The first-order valence-corrected chi connectivity index (χ1v) is 9.35. The summed E-state index contributed by atoms with van der Waals surface area (Å²) in [6.45, 7) is 2.68. The minimum atomic E-state index is -0.918. The summed E-state index contributed by atoms with van der Waals surface area (Å²) >= 11 is 0. The van der Waals surface area contributed by atoms with Crippen molar-refractivity contribution < 1.29 is 19.2 Å². The van der Waals surface area contributed by atoms with Gasteiger partial charge < -0.3 is 5.32 Å². The molecule has 0 radical (unpaired) electrons. The van der Waals surface area contributed by atoms with Crippen LogP contribution in [0.5, 0.6) is 0 Å². The van der Waals surface area contributed by atoms with Crippen LogP contribution in [-0.4, -0.2) is 64.6 Å². The van der Waals surface area contributed by atoms with Crippen molar-refractivity contribution in [1.29, 1.82) is 0 Å². The number of piperidine rings is 1. The lowest BCUT2D eigenvalue weighted by Crippen LogP contribution is -2.54. The van der Waals surface area contributed by atoms with Crippen molar-refractivity contribution in [2.45, 2.75) is 43.9 Å².